The summed E-state index contributed by atoms with van der Waals surface area (Å²) in [5.41, 5.74) is -0.00116. The first kappa shape index (κ1) is 12.0. The molecule has 1 fully saturated rings. The SMILES string of the molecule is CC(O)C1CCN(C(=O)c2cccnc2F)C1. The number of rotatable bonds is 2. The fourth-order valence-electron chi connectivity index (χ4n) is 2.08. The van der Waals surface area contributed by atoms with Crippen molar-refractivity contribution >= 4 is 5.91 Å². The molecular formula is C12H15FN2O2. The molecule has 0 aromatic carbocycles. The van der Waals surface area contributed by atoms with Crippen LogP contribution in [0, 0.1) is 11.9 Å². The molecule has 1 aromatic rings. The number of aliphatic hydroxyl groups is 1. The monoisotopic (exact) mass is 238 g/mol. The van der Waals surface area contributed by atoms with Gasteiger partial charge in [-0.15, -0.1) is 0 Å². The van der Waals surface area contributed by atoms with Crippen LogP contribution < -0.4 is 0 Å². The van der Waals surface area contributed by atoms with E-state index in [0.717, 1.165) is 6.42 Å². The van der Waals surface area contributed by atoms with E-state index in [9.17, 15) is 14.3 Å². The highest BCUT2D eigenvalue weighted by Gasteiger charge is 2.30. The molecule has 0 saturated carbocycles. The summed E-state index contributed by atoms with van der Waals surface area (Å²) in [7, 11) is 0. The standard InChI is InChI=1S/C12H15FN2O2/c1-8(16)9-4-6-15(7-9)12(17)10-3-2-5-14-11(10)13/h2-3,5,8-9,16H,4,6-7H2,1H3. The molecule has 1 amide bonds. The smallest absolute Gasteiger partial charge is 0.258 e. The second-order valence-corrected chi connectivity index (χ2v) is 4.38. The Morgan fingerprint density at radius 1 is 1.71 bits per heavy atom. The Morgan fingerprint density at radius 3 is 3.06 bits per heavy atom. The van der Waals surface area contributed by atoms with Crippen LogP contribution in [0.1, 0.15) is 23.7 Å². The predicted molar refractivity (Wildman–Crippen MR) is 59.9 cm³/mol. The van der Waals surface area contributed by atoms with Gasteiger partial charge in [-0.3, -0.25) is 4.79 Å². The van der Waals surface area contributed by atoms with Crippen LogP contribution in [0.25, 0.3) is 0 Å². The van der Waals surface area contributed by atoms with Crippen LogP contribution in [0.15, 0.2) is 18.3 Å². The minimum atomic E-state index is -0.738. The summed E-state index contributed by atoms with van der Waals surface area (Å²) in [4.78, 5) is 17.0. The van der Waals surface area contributed by atoms with Crippen molar-refractivity contribution in [3.05, 3.63) is 29.8 Å². The molecule has 0 radical (unpaired) electrons. The van der Waals surface area contributed by atoms with E-state index in [0.29, 0.717) is 13.1 Å². The van der Waals surface area contributed by atoms with E-state index in [4.69, 9.17) is 0 Å². The maximum atomic E-state index is 13.3. The number of halogens is 1. The molecule has 92 valence electrons. The number of likely N-dealkylation sites (tertiary alicyclic amines) is 1. The third kappa shape index (κ3) is 2.44. The fraction of sp³-hybridized carbons (Fsp3) is 0.500. The summed E-state index contributed by atoms with van der Waals surface area (Å²) >= 11 is 0. The Hall–Kier alpha value is -1.49. The summed E-state index contributed by atoms with van der Waals surface area (Å²) < 4.78 is 13.3. The lowest BCUT2D eigenvalue weighted by Gasteiger charge is -2.17. The van der Waals surface area contributed by atoms with Crippen LogP contribution in [-0.2, 0) is 0 Å². The molecule has 4 nitrogen and oxygen atoms in total. The van der Waals surface area contributed by atoms with Crippen molar-refractivity contribution in [2.45, 2.75) is 19.4 Å². The van der Waals surface area contributed by atoms with E-state index < -0.39 is 12.1 Å². The Balaban J connectivity index is 2.10. The highest BCUT2D eigenvalue weighted by molar-refractivity contribution is 5.94. The zero-order chi connectivity index (χ0) is 12.4. The van der Waals surface area contributed by atoms with E-state index in [1.165, 1.54) is 12.3 Å². The molecular weight excluding hydrogens is 223 g/mol. The van der Waals surface area contributed by atoms with Gasteiger partial charge in [0.05, 0.1) is 11.7 Å². The van der Waals surface area contributed by atoms with Gasteiger partial charge in [0.2, 0.25) is 5.95 Å². The number of hydrogen-bond donors (Lipinski definition) is 1. The number of aromatic nitrogens is 1. The van der Waals surface area contributed by atoms with Gasteiger partial charge in [-0.1, -0.05) is 0 Å². The van der Waals surface area contributed by atoms with Crippen LogP contribution in [0.2, 0.25) is 0 Å². The molecule has 1 aliphatic heterocycles. The molecule has 2 atom stereocenters. The Kier molecular flexibility index (Phi) is 3.38. The summed E-state index contributed by atoms with van der Waals surface area (Å²) in [6.07, 6.45) is 1.63. The lowest BCUT2D eigenvalue weighted by Crippen LogP contribution is -2.31. The number of hydrogen-bond acceptors (Lipinski definition) is 3. The Labute approximate surface area is 99.1 Å². The van der Waals surface area contributed by atoms with Gasteiger partial charge in [-0.25, -0.2) is 4.98 Å². The van der Waals surface area contributed by atoms with Gasteiger partial charge in [0.15, 0.2) is 0 Å². The second kappa shape index (κ2) is 4.79. The summed E-state index contributed by atoms with van der Waals surface area (Å²) in [6.45, 7) is 2.75. The zero-order valence-corrected chi connectivity index (χ0v) is 9.64. The molecule has 0 aliphatic carbocycles. The van der Waals surface area contributed by atoms with E-state index in [1.807, 2.05) is 0 Å². The van der Waals surface area contributed by atoms with Crippen molar-refractivity contribution < 1.29 is 14.3 Å². The topological polar surface area (TPSA) is 53.4 Å². The van der Waals surface area contributed by atoms with Crippen molar-refractivity contribution in [3.63, 3.8) is 0 Å². The number of amides is 1. The van der Waals surface area contributed by atoms with Gasteiger partial charge >= 0.3 is 0 Å². The zero-order valence-electron chi connectivity index (χ0n) is 9.64. The largest absolute Gasteiger partial charge is 0.393 e. The molecule has 0 spiro atoms. The van der Waals surface area contributed by atoms with Gasteiger partial charge in [0.1, 0.15) is 0 Å². The minimum Gasteiger partial charge on any atom is -0.393 e. The Bertz CT molecular complexity index is 423. The average Bonchev–Trinajstić information content (AvgIpc) is 2.78. The van der Waals surface area contributed by atoms with Crippen molar-refractivity contribution in [3.8, 4) is 0 Å². The molecule has 17 heavy (non-hydrogen) atoms. The number of nitrogens with zero attached hydrogens (tertiary/aromatic N) is 2. The third-order valence-corrected chi connectivity index (χ3v) is 3.18. The molecule has 1 aliphatic rings. The number of aliphatic hydroxyl groups excluding tert-OH is 1. The maximum Gasteiger partial charge on any atom is 0.258 e. The van der Waals surface area contributed by atoms with Gasteiger partial charge in [-0.05, 0) is 25.5 Å². The van der Waals surface area contributed by atoms with Gasteiger partial charge < -0.3 is 10.0 Å². The van der Waals surface area contributed by atoms with Crippen LogP contribution in [0.3, 0.4) is 0 Å². The molecule has 1 N–H and O–H groups in total. The minimum absolute atomic E-state index is 0.00116. The van der Waals surface area contributed by atoms with Gasteiger partial charge in [0, 0.05) is 25.2 Å². The van der Waals surface area contributed by atoms with Crippen LogP contribution in [0.5, 0.6) is 0 Å². The quantitative estimate of drug-likeness (QED) is 0.784. The molecule has 5 heteroatoms. The first-order valence-corrected chi connectivity index (χ1v) is 5.67. The van der Waals surface area contributed by atoms with Crippen molar-refractivity contribution in [1.29, 1.82) is 0 Å². The second-order valence-electron chi connectivity index (χ2n) is 4.38. The highest BCUT2D eigenvalue weighted by atomic mass is 19.1. The van der Waals surface area contributed by atoms with E-state index in [1.54, 1.807) is 17.9 Å². The van der Waals surface area contributed by atoms with Crippen molar-refractivity contribution in [2.75, 3.05) is 13.1 Å². The molecule has 1 aromatic heterocycles. The summed E-state index contributed by atoms with van der Waals surface area (Å²) in [5, 5.41) is 9.45. The van der Waals surface area contributed by atoms with E-state index >= 15 is 0 Å². The lowest BCUT2D eigenvalue weighted by atomic mass is 10.0. The first-order valence-electron chi connectivity index (χ1n) is 5.67. The molecule has 1 saturated heterocycles. The first-order chi connectivity index (χ1) is 8.09. The maximum absolute atomic E-state index is 13.3. The van der Waals surface area contributed by atoms with Crippen LogP contribution in [-0.4, -0.2) is 40.1 Å². The van der Waals surface area contributed by atoms with Crippen molar-refractivity contribution in [1.82, 2.24) is 9.88 Å². The number of carbonyl (C=O) groups excluding carboxylic acids is 1. The van der Waals surface area contributed by atoms with E-state index in [2.05, 4.69) is 4.98 Å². The highest BCUT2D eigenvalue weighted by Crippen LogP contribution is 2.21. The third-order valence-electron chi connectivity index (χ3n) is 3.18. The fourth-order valence-corrected chi connectivity index (χ4v) is 2.08. The van der Waals surface area contributed by atoms with Gasteiger partial charge in [-0.2, -0.15) is 4.39 Å². The van der Waals surface area contributed by atoms with Crippen LogP contribution >= 0.6 is 0 Å². The van der Waals surface area contributed by atoms with E-state index in [-0.39, 0.29) is 17.4 Å². The molecule has 0 bridgehead atoms. The number of pyridine rings is 1. The van der Waals surface area contributed by atoms with Crippen molar-refractivity contribution in [2.24, 2.45) is 5.92 Å². The average molecular weight is 238 g/mol. The molecule has 2 unspecified atom stereocenters. The molecule has 2 rings (SSSR count). The summed E-state index contributed by atoms with van der Waals surface area (Å²) in [6, 6.07) is 2.97. The number of carbonyl (C=O) groups is 1. The Morgan fingerprint density at radius 2 is 2.47 bits per heavy atom. The normalized spacial score (nSPS) is 21.6. The predicted octanol–water partition coefficient (Wildman–Crippen LogP) is 1.06. The van der Waals surface area contributed by atoms with Crippen LogP contribution in [0.4, 0.5) is 4.39 Å². The lowest BCUT2D eigenvalue weighted by molar-refractivity contribution is 0.0757. The summed E-state index contributed by atoms with van der Waals surface area (Å²) in [5.74, 6) is -1.00. The molecule has 2 heterocycles. The van der Waals surface area contributed by atoms with Gasteiger partial charge in [0.25, 0.3) is 5.91 Å².